The largest absolute Gasteiger partial charge is 0.359 e. The van der Waals surface area contributed by atoms with Gasteiger partial charge >= 0.3 is 0 Å². The van der Waals surface area contributed by atoms with Gasteiger partial charge in [-0.25, -0.2) is 9.97 Å². The number of benzene rings is 2. The maximum atomic E-state index is 5.33. The van der Waals surface area contributed by atoms with Crippen LogP contribution in [0.4, 0.5) is 5.82 Å². The molecule has 8 heteroatoms. The van der Waals surface area contributed by atoms with Crippen LogP contribution in [0.1, 0.15) is 42.5 Å². The maximum Gasteiger partial charge on any atom is 0.182 e. The van der Waals surface area contributed by atoms with Crippen LogP contribution in [0, 0.1) is 13.8 Å². The third-order valence-electron chi connectivity index (χ3n) is 7.00. The molecule has 7 nitrogen and oxygen atoms in total. The number of rotatable bonds is 9. The topological polar surface area (TPSA) is 73.7 Å². The van der Waals surface area contributed by atoms with Gasteiger partial charge in [-0.05, 0) is 68.1 Å². The van der Waals surface area contributed by atoms with Crippen molar-refractivity contribution in [3.63, 3.8) is 0 Å². The summed E-state index contributed by atoms with van der Waals surface area (Å²) < 4.78 is 13.3. The first-order chi connectivity index (χ1) is 18.6. The van der Waals surface area contributed by atoms with E-state index in [9.17, 15) is 0 Å². The predicted octanol–water partition coefficient (Wildman–Crippen LogP) is 7.49. The van der Waals surface area contributed by atoms with Crippen molar-refractivity contribution < 1.29 is 4.52 Å². The van der Waals surface area contributed by atoms with Crippen molar-refractivity contribution in [2.75, 3.05) is 4.72 Å². The molecule has 0 aliphatic rings. The Bertz CT molecular complexity index is 1730. The number of aromatic nitrogens is 5. The number of hydrogen-bond donors (Lipinski definition) is 1. The quantitative estimate of drug-likeness (QED) is 0.198. The molecular weight excluding hydrogens is 492 g/mol. The SMILES string of the molecule is CCCCc1nc2cccnc2n1Cc1cn(-c2ccccc2SNc2noc(C)c2C)c2ccccc12. The lowest BCUT2D eigenvalue weighted by atomic mass is 10.1. The van der Waals surface area contributed by atoms with Crippen LogP contribution in [0.15, 0.2) is 82.5 Å². The van der Waals surface area contributed by atoms with Crippen molar-refractivity contribution in [3.05, 3.63) is 95.8 Å². The monoisotopic (exact) mass is 522 g/mol. The van der Waals surface area contributed by atoms with Crippen molar-refractivity contribution in [2.45, 2.75) is 51.5 Å². The van der Waals surface area contributed by atoms with E-state index in [1.54, 1.807) is 11.9 Å². The normalized spacial score (nSPS) is 11.6. The Hall–Kier alpha value is -4.04. The van der Waals surface area contributed by atoms with Crippen LogP contribution in [0.2, 0.25) is 0 Å². The first kappa shape index (κ1) is 24.3. The highest BCUT2D eigenvalue weighted by Crippen LogP contribution is 2.33. The molecule has 0 saturated heterocycles. The standard InChI is InChI=1S/C30H30N6OS/c1-4-5-16-28-32-24-12-10-17-31-30(24)36(28)19-22-18-35(25-13-7-6-11-23(22)25)26-14-8-9-15-27(26)38-34-29-20(2)21(3)37-33-29/h6-15,17-18H,4-5,16,19H2,1-3H3,(H,33,34). The Morgan fingerprint density at radius 1 is 1.00 bits per heavy atom. The number of nitrogens with one attached hydrogen (secondary N) is 1. The zero-order valence-corrected chi connectivity index (χ0v) is 22.6. The fourth-order valence-corrected chi connectivity index (χ4v) is 5.62. The molecule has 0 unspecified atom stereocenters. The summed E-state index contributed by atoms with van der Waals surface area (Å²) >= 11 is 1.54. The summed E-state index contributed by atoms with van der Waals surface area (Å²) in [7, 11) is 0. The lowest BCUT2D eigenvalue weighted by molar-refractivity contribution is 0.399. The Morgan fingerprint density at radius 2 is 1.84 bits per heavy atom. The van der Waals surface area contributed by atoms with Crippen LogP contribution in [0.3, 0.4) is 0 Å². The zero-order valence-electron chi connectivity index (χ0n) is 21.8. The average Bonchev–Trinajstić information content (AvgIpc) is 3.60. The van der Waals surface area contributed by atoms with Crippen LogP contribution >= 0.6 is 11.9 Å². The second kappa shape index (κ2) is 10.4. The minimum Gasteiger partial charge on any atom is -0.359 e. The van der Waals surface area contributed by atoms with Gasteiger partial charge in [-0.15, -0.1) is 0 Å². The summed E-state index contributed by atoms with van der Waals surface area (Å²) in [6.45, 7) is 6.86. The first-order valence-corrected chi connectivity index (χ1v) is 13.8. The van der Waals surface area contributed by atoms with Gasteiger partial charge in [0.05, 0.1) is 22.6 Å². The van der Waals surface area contributed by atoms with Crippen LogP contribution in [-0.4, -0.2) is 24.3 Å². The second-order valence-electron chi connectivity index (χ2n) is 9.49. The minimum absolute atomic E-state index is 0.713. The zero-order chi connectivity index (χ0) is 26.1. The van der Waals surface area contributed by atoms with Crippen LogP contribution in [-0.2, 0) is 13.0 Å². The van der Waals surface area contributed by atoms with E-state index in [-0.39, 0.29) is 0 Å². The molecule has 0 fully saturated rings. The lowest BCUT2D eigenvalue weighted by Gasteiger charge is -2.12. The van der Waals surface area contributed by atoms with E-state index in [0.717, 1.165) is 69.5 Å². The number of fused-ring (bicyclic) bond motifs is 2. The molecule has 192 valence electrons. The molecule has 6 rings (SSSR count). The number of unbranched alkanes of at least 4 members (excludes halogenated alkanes) is 1. The second-order valence-corrected chi connectivity index (χ2v) is 10.3. The molecule has 0 spiro atoms. The van der Waals surface area contributed by atoms with Gasteiger partial charge < -0.3 is 18.4 Å². The highest BCUT2D eigenvalue weighted by Gasteiger charge is 2.17. The number of para-hydroxylation sites is 2. The molecule has 0 saturated carbocycles. The van der Waals surface area contributed by atoms with Crippen molar-refractivity contribution >= 4 is 39.8 Å². The average molecular weight is 523 g/mol. The Balaban J connectivity index is 1.40. The molecule has 0 atom stereocenters. The molecule has 38 heavy (non-hydrogen) atoms. The van der Waals surface area contributed by atoms with E-state index in [1.807, 2.05) is 26.1 Å². The third-order valence-corrected chi connectivity index (χ3v) is 7.86. The number of nitrogens with zero attached hydrogens (tertiary/aromatic N) is 5. The van der Waals surface area contributed by atoms with Gasteiger partial charge in [0.15, 0.2) is 11.5 Å². The van der Waals surface area contributed by atoms with E-state index >= 15 is 0 Å². The van der Waals surface area contributed by atoms with Crippen molar-refractivity contribution in [2.24, 2.45) is 0 Å². The van der Waals surface area contributed by atoms with Gasteiger partial charge in [-0.3, -0.25) is 0 Å². The van der Waals surface area contributed by atoms with Crippen LogP contribution < -0.4 is 4.72 Å². The third kappa shape index (κ3) is 4.45. The Kier molecular flexibility index (Phi) is 6.64. The predicted molar refractivity (Wildman–Crippen MR) is 154 cm³/mol. The summed E-state index contributed by atoms with van der Waals surface area (Å²) in [6.07, 6.45) is 7.29. The molecule has 4 aromatic heterocycles. The van der Waals surface area contributed by atoms with Gasteiger partial charge in [0.1, 0.15) is 17.1 Å². The highest BCUT2D eigenvalue weighted by atomic mass is 32.2. The van der Waals surface area contributed by atoms with Gasteiger partial charge in [0, 0.05) is 29.8 Å². The number of aryl methyl sites for hydroxylation is 2. The number of hydrogen-bond acceptors (Lipinski definition) is 6. The van der Waals surface area contributed by atoms with Crippen LogP contribution in [0.5, 0.6) is 0 Å². The summed E-state index contributed by atoms with van der Waals surface area (Å²) in [5.41, 5.74) is 6.41. The van der Waals surface area contributed by atoms with Crippen molar-refractivity contribution in [3.8, 4) is 5.69 Å². The summed E-state index contributed by atoms with van der Waals surface area (Å²) in [5, 5.41) is 5.38. The van der Waals surface area contributed by atoms with Gasteiger partial charge in [-0.1, -0.05) is 48.8 Å². The van der Waals surface area contributed by atoms with Gasteiger partial charge in [-0.2, -0.15) is 0 Å². The number of anilines is 1. The fourth-order valence-electron chi connectivity index (χ4n) is 4.80. The molecular formula is C30H30N6OS. The first-order valence-electron chi connectivity index (χ1n) is 13.0. The van der Waals surface area contributed by atoms with E-state index < -0.39 is 0 Å². The lowest BCUT2D eigenvalue weighted by Crippen LogP contribution is -2.06. The van der Waals surface area contributed by atoms with Crippen molar-refractivity contribution in [1.82, 2.24) is 24.3 Å². The van der Waals surface area contributed by atoms with E-state index in [2.05, 4.69) is 86.7 Å². The summed E-state index contributed by atoms with van der Waals surface area (Å²) in [4.78, 5) is 10.7. The molecule has 0 radical (unpaired) electrons. The summed E-state index contributed by atoms with van der Waals surface area (Å²) in [5.74, 6) is 2.66. The van der Waals surface area contributed by atoms with Gasteiger partial charge in [0.2, 0.25) is 0 Å². The Labute approximate surface area is 226 Å². The van der Waals surface area contributed by atoms with Crippen LogP contribution in [0.25, 0.3) is 27.8 Å². The highest BCUT2D eigenvalue weighted by molar-refractivity contribution is 8.00. The minimum atomic E-state index is 0.713. The Morgan fingerprint density at radius 3 is 2.68 bits per heavy atom. The molecule has 0 aliphatic heterocycles. The van der Waals surface area contributed by atoms with E-state index in [4.69, 9.17) is 14.5 Å². The molecule has 0 amide bonds. The van der Waals surface area contributed by atoms with E-state index in [0.29, 0.717) is 6.54 Å². The molecule has 1 N–H and O–H groups in total. The van der Waals surface area contributed by atoms with E-state index in [1.165, 1.54) is 10.9 Å². The summed E-state index contributed by atoms with van der Waals surface area (Å²) in [6, 6.07) is 21.0. The fraction of sp³-hybridized carbons (Fsp3) is 0.233. The molecule has 0 bridgehead atoms. The smallest absolute Gasteiger partial charge is 0.182 e. The molecule has 6 aromatic rings. The molecule has 4 heterocycles. The van der Waals surface area contributed by atoms with Crippen molar-refractivity contribution in [1.29, 1.82) is 0 Å². The number of imidazole rings is 1. The van der Waals surface area contributed by atoms with Gasteiger partial charge in [0.25, 0.3) is 0 Å². The maximum absolute atomic E-state index is 5.33. The number of pyridine rings is 1. The molecule has 2 aromatic carbocycles. The molecule has 0 aliphatic carbocycles.